The predicted molar refractivity (Wildman–Crippen MR) is 96.5 cm³/mol. The highest BCUT2D eigenvalue weighted by Crippen LogP contribution is 2.40. The van der Waals surface area contributed by atoms with Gasteiger partial charge in [-0.2, -0.15) is 0 Å². The molecule has 0 saturated heterocycles. The molecule has 2 aromatic heterocycles. The van der Waals surface area contributed by atoms with Crippen LogP contribution in [0, 0.1) is 6.92 Å². The van der Waals surface area contributed by atoms with Crippen molar-refractivity contribution in [2.45, 2.75) is 25.7 Å². The second-order valence-electron chi connectivity index (χ2n) is 6.03. The zero-order valence-corrected chi connectivity index (χ0v) is 14.1. The van der Waals surface area contributed by atoms with Crippen LogP contribution in [0.3, 0.4) is 0 Å². The van der Waals surface area contributed by atoms with Crippen LogP contribution in [0.4, 0.5) is 5.82 Å². The number of benzene rings is 1. The van der Waals surface area contributed by atoms with Crippen molar-refractivity contribution in [3.8, 4) is 11.3 Å². The van der Waals surface area contributed by atoms with E-state index in [0.717, 1.165) is 16.3 Å². The van der Waals surface area contributed by atoms with E-state index >= 15 is 0 Å². The van der Waals surface area contributed by atoms with Crippen LogP contribution < -0.4 is 5.32 Å². The Morgan fingerprint density at radius 1 is 1.21 bits per heavy atom. The first-order chi connectivity index (χ1) is 11.7. The smallest absolute Gasteiger partial charge is 0.256 e. The van der Waals surface area contributed by atoms with Crippen molar-refractivity contribution >= 4 is 23.1 Å². The standard InChI is InChI=1S/C19H17N3OS/c1-12-21-17(11-24-12)14-4-6-15(7-5-14)19(23)22-18-10-16(8-9-20-18)13-2-3-13/h4-11,13H,2-3H2,1H3,(H,20,22,23). The van der Waals surface area contributed by atoms with Crippen LogP contribution >= 0.6 is 11.3 Å². The van der Waals surface area contributed by atoms with Crippen LogP contribution in [0.5, 0.6) is 0 Å². The van der Waals surface area contributed by atoms with Gasteiger partial charge < -0.3 is 5.32 Å². The highest BCUT2D eigenvalue weighted by molar-refractivity contribution is 7.09. The molecule has 0 radical (unpaired) electrons. The molecule has 3 aromatic rings. The number of anilines is 1. The van der Waals surface area contributed by atoms with Gasteiger partial charge in [0.05, 0.1) is 10.7 Å². The summed E-state index contributed by atoms with van der Waals surface area (Å²) in [5, 5.41) is 5.94. The molecule has 0 aliphatic heterocycles. The fourth-order valence-electron chi connectivity index (χ4n) is 2.66. The zero-order valence-electron chi connectivity index (χ0n) is 13.3. The lowest BCUT2D eigenvalue weighted by atomic mass is 10.1. The van der Waals surface area contributed by atoms with Crippen LogP contribution in [0.2, 0.25) is 0 Å². The van der Waals surface area contributed by atoms with Crippen molar-refractivity contribution in [2.24, 2.45) is 0 Å². The molecule has 0 atom stereocenters. The molecule has 1 amide bonds. The molecule has 1 aliphatic carbocycles. The van der Waals surface area contributed by atoms with Gasteiger partial charge in [-0.25, -0.2) is 9.97 Å². The van der Waals surface area contributed by atoms with E-state index in [4.69, 9.17) is 0 Å². The Hall–Kier alpha value is -2.53. The molecule has 0 spiro atoms. The Labute approximate surface area is 144 Å². The monoisotopic (exact) mass is 335 g/mol. The second-order valence-corrected chi connectivity index (χ2v) is 7.09. The Morgan fingerprint density at radius 3 is 2.67 bits per heavy atom. The van der Waals surface area contributed by atoms with Gasteiger partial charge in [-0.15, -0.1) is 11.3 Å². The Morgan fingerprint density at radius 2 is 2.00 bits per heavy atom. The molecule has 120 valence electrons. The summed E-state index contributed by atoms with van der Waals surface area (Å²) in [4.78, 5) is 21.1. The Kier molecular flexibility index (Phi) is 3.86. The molecule has 1 aromatic carbocycles. The number of rotatable bonds is 4. The van der Waals surface area contributed by atoms with Gasteiger partial charge in [0, 0.05) is 22.7 Å². The van der Waals surface area contributed by atoms with Crippen molar-refractivity contribution in [3.63, 3.8) is 0 Å². The van der Waals surface area contributed by atoms with Crippen LogP contribution in [0.25, 0.3) is 11.3 Å². The van der Waals surface area contributed by atoms with Crippen molar-refractivity contribution in [2.75, 3.05) is 5.32 Å². The van der Waals surface area contributed by atoms with Gasteiger partial charge in [-0.05, 0) is 55.5 Å². The number of aryl methyl sites for hydroxylation is 1. The molecule has 1 aliphatic rings. The summed E-state index contributed by atoms with van der Waals surface area (Å²) in [6.07, 6.45) is 4.22. The summed E-state index contributed by atoms with van der Waals surface area (Å²) < 4.78 is 0. The zero-order chi connectivity index (χ0) is 16.5. The van der Waals surface area contributed by atoms with Crippen molar-refractivity contribution in [3.05, 3.63) is 64.1 Å². The van der Waals surface area contributed by atoms with Gasteiger partial charge in [-0.3, -0.25) is 4.79 Å². The fraction of sp³-hybridized carbons (Fsp3) is 0.211. The SMILES string of the molecule is Cc1nc(-c2ccc(C(=O)Nc3cc(C4CC4)ccn3)cc2)cs1. The molecule has 4 rings (SSSR count). The van der Waals surface area contributed by atoms with Gasteiger partial charge in [0.2, 0.25) is 0 Å². The molecular formula is C19H17N3OS. The number of hydrogen-bond acceptors (Lipinski definition) is 4. The van der Waals surface area contributed by atoms with E-state index in [0.29, 0.717) is 17.3 Å². The Bertz CT molecular complexity index is 882. The highest BCUT2D eigenvalue weighted by atomic mass is 32.1. The first kappa shape index (κ1) is 15.0. The maximum absolute atomic E-state index is 12.4. The highest BCUT2D eigenvalue weighted by Gasteiger charge is 2.23. The van der Waals surface area contributed by atoms with E-state index in [9.17, 15) is 4.79 Å². The molecule has 4 nitrogen and oxygen atoms in total. The minimum atomic E-state index is -0.142. The molecule has 1 saturated carbocycles. The normalized spacial score (nSPS) is 13.7. The third kappa shape index (κ3) is 3.21. The van der Waals surface area contributed by atoms with Crippen molar-refractivity contribution in [1.29, 1.82) is 0 Å². The first-order valence-electron chi connectivity index (χ1n) is 7.99. The summed E-state index contributed by atoms with van der Waals surface area (Å²) in [5.74, 6) is 1.12. The van der Waals surface area contributed by atoms with E-state index in [1.54, 1.807) is 17.5 Å². The number of aromatic nitrogens is 2. The second kappa shape index (κ2) is 6.17. The number of carbonyl (C=O) groups is 1. The molecule has 0 unspecified atom stereocenters. The molecule has 0 bridgehead atoms. The number of pyridine rings is 1. The van der Waals surface area contributed by atoms with Crippen molar-refractivity contribution < 1.29 is 4.79 Å². The van der Waals surface area contributed by atoms with Crippen LogP contribution in [-0.2, 0) is 0 Å². The van der Waals surface area contributed by atoms with E-state index in [2.05, 4.69) is 15.3 Å². The molecule has 1 N–H and O–H groups in total. The number of thiazole rings is 1. The molecule has 2 heterocycles. The summed E-state index contributed by atoms with van der Waals surface area (Å²) in [6, 6.07) is 11.5. The van der Waals surface area contributed by atoms with E-state index < -0.39 is 0 Å². The number of nitrogens with one attached hydrogen (secondary N) is 1. The van der Waals surface area contributed by atoms with Gasteiger partial charge >= 0.3 is 0 Å². The maximum Gasteiger partial charge on any atom is 0.256 e. The molecule has 5 heteroatoms. The summed E-state index contributed by atoms with van der Waals surface area (Å²) in [7, 11) is 0. The summed E-state index contributed by atoms with van der Waals surface area (Å²) >= 11 is 1.62. The number of carbonyl (C=O) groups excluding carboxylic acids is 1. The quantitative estimate of drug-likeness (QED) is 0.755. The van der Waals surface area contributed by atoms with Gasteiger partial charge in [0.15, 0.2) is 0 Å². The molecule has 1 fully saturated rings. The number of nitrogens with zero attached hydrogens (tertiary/aromatic N) is 2. The summed E-state index contributed by atoms with van der Waals surface area (Å²) in [5.41, 5.74) is 3.84. The largest absolute Gasteiger partial charge is 0.307 e. The molecular weight excluding hydrogens is 318 g/mol. The van der Waals surface area contributed by atoms with E-state index in [1.807, 2.05) is 48.7 Å². The average Bonchev–Trinajstić information content (AvgIpc) is 3.37. The van der Waals surface area contributed by atoms with Gasteiger partial charge in [0.25, 0.3) is 5.91 Å². The molecule has 24 heavy (non-hydrogen) atoms. The fourth-order valence-corrected chi connectivity index (χ4v) is 3.28. The van der Waals surface area contributed by atoms with Gasteiger partial charge in [-0.1, -0.05) is 12.1 Å². The topological polar surface area (TPSA) is 54.9 Å². The minimum Gasteiger partial charge on any atom is -0.307 e. The lowest BCUT2D eigenvalue weighted by Crippen LogP contribution is -2.13. The maximum atomic E-state index is 12.4. The first-order valence-corrected chi connectivity index (χ1v) is 8.87. The number of hydrogen-bond donors (Lipinski definition) is 1. The predicted octanol–water partition coefficient (Wildman–Crippen LogP) is 4.64. The third-order valence-corrected chi connectivity index (χ3v) is 4.91. The average molecular weight is 335 g/mol. The van der Waals surface area contributed by atoms with E-state index in [1.165, 1.54) is 18.4 Å². The van der Waals surface area contributed by atoms with Crippen LogP contribution in [0.15, 0.2) is 48.0 Å². The third-order valence-electron chi connectivity index (χ3n) is 4.14. The lowest BCUT2D eigenvalue weighted by Gasteiger charge is -2.06. The Balaban J connectivity index is 1.49. The van der Waals surface area contributed by atoms with Crippen LogP contribution in [-0.4, -0.2) is 15.9 Å². The van der Waals surface area contributed by atoms with Crippen molar-refractivity contribution in [1.82, 2.24) is 9.97 Å². The summed E-state index contributed by atoms with van der Waals surface area (Å²) in [6.45, 7) is 1.98. The number of amides is 1. The van der Waals surface area contributed by atoms with Gasteiger partial charge in [0.1, 0.15) is 5.82 Å². The van der Waals surface area contributed by atoms with E-state index in [-0.39, 0.29) is 5.91 Å². The minimum absolute atomic E-state index is 0.142. The lowest BCUT2D eigenvalue weighted by molar-refractivity contribution is 0.102. The van der Waals surface area contributed by atoms with Crippen LogP contribution in [0.1, 0.15) is 39.7 Å².